The lowest BCUT2D eigenvalue weighted by molar-refractivity contribution is 1.38. The van der Waals surface area contributed by atoms with Gasteiger partial charge >= 0.3 is 0 Å². The zero-order chi connectivity index (χ0) is 33.8. The highest BCUT2D eigenvalue weighted by Crippen LogP contribution is 2.48. The van der Waals surface area contributed by atoms with Crippen LogP contribution in [0, 0.1) is 0 Å². The fraction of sp³-hybridized carbons (Fsp3) is 0.0417. The molecule has 51 heavy (non-hydrogen) atoms. The van der Waals surface area contributed by atoms with Gasteiger partial charge in [-0.3, -0.25) is 4.98 Å². The van der Waals surface area contributed by atoms with Crippen LogP contribution in [0.5, 0.6) is 0 Å². The van der Waals surface area contributed by atoms with Crippen molar-refractivity contribution in [2.45, 2.75) is 13.1 Å². The molecule has 0 saturated carbocycles. The fourth-order valence-corrected chi connectivity index (χ4v) is 12.2. The summed E-state index contributed by atoms with van der Waals surface area (Å²) in [5.74, 6) is 0. The fourth-order valence-electron chi connectivity index (χ4n) is 9.15. The molecule has 3 heteroatoms. The van der Waals surface area contributed by atoms with Crippen LogP contribution in [0.25, 0.3) is 98.4 Å². The zero-order valence-corrected chi connectivity index (χ0v) is 29.4. The van der Waals surface area contributed by atoms with E-state index in [-0.39, 0.29) is 0 Å². The van der Waals surface area contributed by atoms with E-state index in [9.17, 15) is 0 Å². The molecule has 0 unspecified atom stereocenters. The van der Waals surface area contributed by atoms with Gasteiger partial charge in [-0.2, -0.15) is 0 Å². The summed E-state index contributed by atoms with van der Waals surface area (Å²) >= 11 is 0. The summed E-state index contributed by atoms with van der Waals surface area (Å²) < 4.78 is 0. The molecule has 3 heterocycles. The zero-order valence-electron chi connectivity index (χ0n) is 28.4. The van der Waals surface area contributed by atoms with Gasteiger partial charge in [0.2, 0.25) is 0 Å². The molecule has 0 saturated heterocycles. The van der Waals surface area contributed by atoms with Crippen LogP contribution < -0.4 is 10.4 Å². The molecule has 0 aliphatic carbocycles. The first kappa shape index (κ1) is 28.7. The third-order valence-corrected chi connectivity index (χ3v) is 15.0. The topological polar surface area (TPSA) is 25.8 Å². The number of pyridine rings is 2. The summed E-state index contributed by atoms with van der Waals surface area (Å²) in [6.07, 6.45) is 1.86. The van der Waals surface area contributed by atoms with Gasteiger partial charge in [0.15, 0.2) is 0 Å². The van der Waals surface area contributed by atoms with E-state index in [0.29, 0.717) is 0 Å². The Kier molecular flexibility index (Phi) is 5.86. The average molecular weight is 665 g/mol. The van der Waals surface area contributed by atoms with Crippen molar-refractivity contribution in [3.63, 3.8) is 0 Å². The molecular formula is C48H32N2Si. The van der Waals surface area contributed by atoms with Gasteiger partial charge < -0.3 is 0 Å². The van der Waals surface area contributed by atoms with E-state index in [1.165, 1.54) is 65.3 Å². The second-order valence-electron chi connectivity index (χ2n) is 14.5. The van der Waals surface area contributed by atoms with Gasteiger partial charge in [-0.05, 0) is 93.9 Å². The Morgan fingerprint density at radius 2 is 1.00 bits per heavy atom. The predicted octanol–water partition coefficient (Wildman–Crippen LogP) is 11.5. The van der Waals surface area contributed by atoms with E-state index >= 15 is 0 Å². The van der Waals surface area contributed by atoms with Crippen molar-refractivity contribution >= 4 is 83.3 Å². The minimum absolute atomic E-state index is 0.934. The van der Waals surface area contributed by atoms with Crippen molar-refractivity contribution in [1.29, 1.82) is 0 Å². The second-order valence-corrected chi connectivity index (χ2v) is 18.8. The Bertz CT molecular complexity index is 3060. The normalized spacial score (nSPS) is 13.5. The van der Waals surface area contributed by atoms with E-state index in [4.69, 9.17) is 9.97 Å². The van der Waals surface area contributed by atoms with Gasteiger partial charge in [0, 0.05) is 22.5 Å². The Balaban J connectivity index is 1.25. The molecule has 0 fully saturated rings. The number of rotatable bonds is 2. The predicted molar refractivity (Wildman–Crippen MR) is 220 cm³/mol. The SMILES string of the molecule is C[Si]1(C)c2ccccc2-c2c1ccc1cc(-c3c4ccccc4c(-c4ccc5ccc6cccnc6c5n4)c4ccccc34)c3ccccc3c21. The number of hydrogen-bond acceptors (Lipinski definition) is 2. The summed E-state index contributed by atoms with van der Waals surface area (Å²) in [6.45, 7) is 5.01. The summed E-state index contributed by atoms with van der Waals surface area (Å²) in [5, 5.41) is 15.4. The van der Waals surface area contributed by atoms with Crippen LogP contribution in [-0.4, -0.2) is 18.0 Å². The molecule has 11 rings (SSSR count). The van der Waals surface area contributed by atoms with Crippen LogP contribution in [0.2, 0.25) is 13.1 Å². The van der Waals surface area contributed by atoms with Gasteiger partial charge in [0.05, 0.1) is 16.7 Å². The third-order valence-electron chi connectivity index (χ3n) is 11.5. The highest BCUT2D eigenvalue weighted by molar-refractivity contribution is 7.04. The average Bonchev–Trinajstić information content (AvgIpc) is 3.42. The molecule has 238 valence electrons. The minimum atomic E-state index is -1.82. The first-order chi connectivity index (χ1) is 25.1. The minimum Gasteiger partial charge on any atom is -0.254 e. The van der Waals surface area contributed by atoms with Crippen molar-refractivity contribution < 1.29 is 0 Å². The van der Waals surface area contributed by atoms with Gasteiger partial charge in [-0.1, -0.05) is 147 Å². The molecule has 0 radical (unpaired) electrons. The summed E-state index contributed by atoms with van der Waals surface area (Å²) in [6, 6.07) is 56.1. The number of nitrogens with zero attached hydrogens (tertiary/aromatic N) is 2. The Morgan fingerprint density at radius 3 is 1.75 bits per heavy atom. The molecule has 0 atom stereocenters. The molecule has 8 aromatic carbocycles. The Labute approximate surface area is 296 Å². The largest absolute Gasteiger partial charge is 0.254 e. The lowest BCUT2D eigenvalue weighted by atomic mass is 9.83. The van der Waals surface area contributed by atoms with Crippen molar-refractivity contribution in [1.82, 2.24) is 9.97 Å². The number of aromatic nitrogens is 2. The monoisotopic (exact) mass is 664 g/mol. The van der Waals surface area contributed by atoms with Gasteiger partial charge in [0.1, 0.15) is 8.07 Å². The van der Waals surface area contributed by atoms with E-state index in [2.05, 4.69) is 159 Å². The molecule has 0 amide bonds. The van der Waals surface area contributed by atoms with Crippen LogP contribution >= 0.6 is 0 Å². The molecule has 2 aromatic heterocycles. The standard InChI is InChI=1S/C48H32N2Si/c1-51(2)41-20-10-9-19-38(41)46-42(51)26-24-31-28-39(32-13-3-4-14-33(32)43(31)46)44-34-15-5-7-17-36(34)45(37-18-8-6-16-35(37)44)40-25-23-30-22-21-29-12-11-27-49-47(29)48(30)50-40/h3-28H,1-2H3. The number of hydrogen-bond donors (Lipinski definition) is 0. The summed E-state index contributed by atoms with van der Waals surface area (Å²) in [7, 11) is -1.82. The van der Waals surface area contributed by atoms with Crippen molar-refractivity contribution in [3.05, 3.63) is 158 Å². The molecule has 10 aromatic rings. The van der Waals surface area contributed by atoms with Crippen LogP contribution in [0.15, 0.2) is 158 Å². The first-order valence-corrected chi connectivity index (χ1v) is 20.8. The van der Waals surface area contributed by atoms with Crippen molar-refractivity contribution in [2.75, 3.05) is 0 Å². The van der Waals surface area contributed by atoms with Gasteiger partial charge in [0.25, 0.3) is 0 Å². The molecule has 0 spiro atoms. The van der Waals surface area contributed by atoms with E-state index in [1.54, 1.807) is 10.4 Å². The van der Waals surface area contributed by atoms with Crippen molar-refractivity contribution in [3.8, 4) is 33.5 Å². The second kappa shape index (κ2) is 10.4. The molecule has 1 aliphatic heterocycles. The summed E-state index contributed by atoms with van der Waals surface area (Å²) in [4.78, 5) is 10.1. The van der Waals surface area contributed by atoms with Gasteiger partial charge in [-0.15, -0.1) is 0 Å². The van der Waals surface area contributed by atoms with Gasteiger partial charge in [-0.25, -0.2) is 4.98 Å². The molecule has 2 nitrogen and oxygen atoms in total. The van der Waals surface area contributed by atoms with E-state index in [1.807, 2.05) is 12.3 Å². The number of benzene rings is 8. The maximum Gasteiger partial charge on any atom is 0.113 e. The van der Waals surface area contributed by atoms with Crippen LogP contribution in [0.3, 0.4) is 0 Å². The highest BCUT2D eigenvalue weighted by Gasteiger charge is 2.38. The van der Waals surface area contributed by atoms with Crippen LogP contribution in [-0.2, 0) is 0 Å². The third kappa shape index (κ3) is 3.92. The first-order valence-electron chi connectivity index (χ1n) is 17.8. The van der Waals surface area contributed by atoms with Crippen LogP contribution in [0.1, 0.15) is 0 Å². The van der Waals surface area contributed by atoms with Crippen molar-refractivity contribution in [2.24, 2.45) is 0 Å². The summed E-state index contributed by atoms with van der Waals surface area (Å²) in [5.41, 5.74) is 9.38. The Hall–Kier alpha value is -6.16. The van der Waals surface area contributed by atoms with E-state index in [0.717, 1.165) is 33.1 Å². The highest BCUT2D eigenvalue weighted by atomic mass is 28.3. The molecule has 1 aliphatic rings. The maximum absolute atomic E-state index is 5.37. The molecule has 0 N–H and O–H groups in total. The quantitative estimate of drug-likeness (QED) is 0.104. The molecular weight excluding hydrogens is 633 g/mol. The molecule has 0 bridgehead atoms. The Morgan fingerprint density at radius 1 is 0.412 bits per heavy atom. The van der Waals surface area contributed by atoms with E-state index < -0.39 is 8.07 Å². The number of fused-ring (bicyclic) bond motifs is 12. The maximum atomic E-state index is 5.37. The lowest BCUT2D eigenvalue weighted by Crippen LogP contribution is -2.49. The smallest absolute Gasteiger partial charge is 0.113 e. The lowest BCUT2D eigenvalue weighted by Gasteiger charge is -2.21. The van der Waals surface area contributed by atoms with Crippen LogP contribution in [0.4, 0.5) is 0 Å².